The minimum absolute atomic E-state index is 0.291. The molecule has 0 bridgehead atoms. The first-order chi connectivity index (χ1) is 9.09. The van der Waals surface area contributed by atoms with Crippen LogP contribution < -0.4 is 5.32 Å². The Morgan fingerprint density at radius 1 is 1.11 bits per heavy atom. The Morgan fingerprint density at radius 3 is 2.42 bits per heavy atom. The summed E-state index contributed by atoms with van der Waals surface area (Å²) in [4.78, 5) is 0. The van der Waals surface area contributed by atoms with Crippen molar-refractivity contribution in [1.82, 2.24) is 5.32 Å². The average Bonchev–Trinajstić information content (AvgIpc) is 2.41. The molecule has 0 aromatic heterocycles. The van der Waals surface area contributed by atoms with E-state index in [1.165, 1.54) is 32.1 Å². The van der Waals surface area contributed by atoms with Crippen LogP contribution in [-0.4, -0.2) is 33.0 Å². The molecule has 114 valence electrons. The molecule has 0 aliphatic heterocycles. The standard InChI is InChI=1S/C15H31NO2S/c1-3-11-16-13-15-9-6-5-8-14(15)10-7-12-19(17,18)4-2/h14-16H,3-13H2,1-2H3. The second kappa shape index (κ2) is 8.96. The first-order valence-electron chi connectivity index (χ1n) is 8.00. The Hall–Kier alpha value is -0.0900. The van der Waals surface area contributed by atoms with Gasteiger partial charge in [0.05, 0.1) is 5.75 Å². The van der Waals surface area contributed by atoms with E-state index >= 15 is 0 Å². The van der Waals surface area contributed by atoms with Gasteiger partial charge < -0.3 is 5.32 Å². The van der Waals surface area contributed by atoms with Gasteiger partial charge in [-0.2, -0.15) is 0 Å². The third-order valence-corrected chi connectivity index (χ3v) is 6.16. The SMILES string of the molecule is CCCNCC1CCCCC1CCCS(=O)(=O)CC. The lowest BCUT2D eigenvalue weighted by molar-refractivity contribution is 0.217. The lowest BCUT2D eigenvalue weighted by Crippen LogP contribution is -2.31. The Morgan fingerprint density at radius 2 is 1.79 bits per heavy atom. The van der Waals surface area contributed by atoms with Crippen molar-refractivity contribution >= 4 is 9.84 Å². The van der Waals surface area contributed by atoms with E-state index in [0.717, 1.165) is 37.8 Å². The van der Waals surface area contributed by atoms with Crippen molar-refractivity contribution in [1.29, 1.82) is 0 Å². The van der Waals surface area contributed by atoms with Gasteiger partial charge in [-0.3, -0.25) is 0 Å². The van der Waals surface area contributed by atoms with Gasteiger partial charge in [0, 0.05) is 5.75 Å². The summed E-state index contributed by atoms with van der Waals surface area (Å²) in [5.74, 6) is 2.18. The van der Waals surface area contributed by atoms with Crippen molar-refractivity contribution in [3.63, 3.8) is 0 Å². The highest BCUT2D eigenvalue weighted by Crippen LogP contribution is 2.32. The fourth-order valence-corrected chi connectivity index (χ4v) is 4.00. The molecule has 2 unspecified atom stereocenters. The summed E-state index contributed by atoms with van der Waals surface area (Å²) in [5, 5.41) is 3.53. The zero-order valence-electron chi connectivity index (χ0n) is 12.7. The summed E-state index contributed by atoms with van der Waals surface area (Å²) in [6.07, 6.45) is 8.43. The van der Waals surface area contributed by atoms with Gasteiger partial charge in [-0.15, -0.1) is 0 Å². The Kier molecular flexibility index (Phi) is 8.00. The summed E-state index contributed by atoms with van der Waals surface area (Å²) >= 11 is 0. The van der Waals surface area contributed by atoms with Gasteiger partial charge >= 0.3 is 0 Å². The molecule has 0 radical (unpaired) electrons. The summed E-state index contributed by atoms with van der Waals surface area (Å²) in [6.45, 7) is 6.17. The van der Waals surface area contributed by atoms with E-state index in [4.69, 9.17) is 0 Å². The van der Waals surface area contributed by atoms with Gasteiger partial charge in [-0.05, 0) is 50.6 Å². The van der Waals surface area contributed by atoms with Crippen LogP contribution in [0.3, 0.4) is 0 Å². The Balaban J connectivity index is 2.31. The highest BCUT2D eigenvalue weighted by molar-refractivity contribution is 7.91. The zero-order chi connectivity index (χ0) is 14.1. The molecule has 0 spiro atoms. The zero-order valence-corrected chi connectivity index (χ0v) is 13.5. The number of hydrogen-bond donors (Lipinski definition) is 1. The van der Waals surface area contributed by atoms with Crippen molar-refractivity contribution in [2.45, 2.75) is 58.8 Å². The molecule has 1 fully saturated rings. The van der Waals surface area contributed by atoms with Gasteiger partial charge in [0.25, 0.3) is 0 Å². The minimum Gasteiger partial charge on any atom is -0.316 e. The predicted molar refractivity (Wildman–Crippen MR) is 82.2 cm³/mol. The molecular formula is C15H31NO2S. The van der Waals surface area contributed by atoms with Crippen LogP contribution in [0.4, 0.5) is 0 Å². The summed E-state index contributed by atoms with van der Waals surface area (Å²) in [7, 11) is -2.77. The van der Waals surface area contributed by atoms with Gasteiger partial charge in [0.2, 0.25) is 0 Å². The molecule has 1 saturated carbocycles. The normalized spacial score (nSPS) is 24.5. The third-order valence-electron chi connectivity index (χ3n) is 4.37. The van der Waals surface area contributed by atoms with Crippen LogP contribution in [-0.2, 0) is 9.84 Å². The molecule has 0 aromatic rings. The smallest absolute Gasteiger partial charge is 0.150 e. The fraction of sp³-hybridized carbons (Fsp3) is 1.00. The van der Waals surface area contributed by atoms with Crippen LogP contribution in [0.15, 0.2) is 0 Å². The lowest BCUT2D eigenvalue weighted by Gasteiger charge is -2.32. The monoisotopic (exact) mass is 289 g/mol. The van der Waals surface area contributed by atoms with Crippen LogP contribution in [0.25, 0.3) is 0 Å². The van der Waals surface area contributed by atoms with Crippen LogP contribution >= 0.6 is 0 Å². The van der Waals surface area contributed by atoms with Crippen molar-refractivity contribution in [3.05, 3.63) is 0 Å². The number of rotatable bonds is 9. The molecule has 0 aromatic carbocycles. The van der Waals surface area contributed by atoms with E-state index in [1.54, 1.807) is 6.92 Å². The molecule has 1 aliphatic carbocycles. The second-order valence-electron chi connectivity index (χ2n) is 5.89. The van der Waals surface area contributed by atoms with Crippen LogP contribution in [0.2, 0.25) is 0 Å². The molecular weight excluding hydrogens is 258 g/mol. The second-order valence-corrected chi connectivity index (χ2v) is 8.36. The van der Waals surface area contributed by atoms with Gasteiger partial charge in [-0.25, -0.2) is 8.42 Å². The van der Waals surface area contributed by atoms with Crippen molar-refractivity contribution in [3.8, 4) is 0 Å². The Labute approximate surface area is 119 Å². The lowest BCUT2D eigenvalue weighted by atomic mass is 9.77. The largest absolute Gasteiger partial charge is 0.316 e. The predicted octanol–water partition coefficient (Wildman–Crippen LogP) is 3.01. The molecule has 4 heteroatoms. The van der Waals surface area contributed by atoms with E-state index in [0.29, 0.717) is 11.5 Å². The molecule has 0 heterocycles. The van der Waals surface area contributed by atoms with Crippen molar-refractivity contribution in [2.24, 2.45) is 11.8 Å². The summed E-state index contributed by atoms with van der Waals surface area (Å²) in [6, 6.07) is 0. The molecule has 1 aliphatic rings. The molecule has 19 heavy (non-hydrogen) atoms. The maximum absolute atomic E-state index is 11.5. The molecule has 1 rings (SSSR count). The fourth-order valence-electron chi connectivity index (χ4n) is 3.11. The van der Waals surface area contributed by atoms with Crippen molar-refractivity contribution < 1.29 is 8.42 Å². The highest BCUT2D eigenvalue weighted by atomic mass is 32.2. The van der Waals surface area contributed by atoms with E-state index in [9.17, 15) is 8.42 Å². The number of hydrogen-bond acceptors (Lipinski definition) is 3. The average molecular weight is 289 g/mol. The first kappa shape index (κ1) is 17.0. The number of sulfone groups is 1. The number of nitrogens with one attached hydrogen (secondary N) is 1. The third kappa shape index (κ3) is 6.75. The van der Waals surface area contributed by atoms with Gasteiger partial charge in [0.15, 0.2) is 0 Å². The quantitative estimate of drug-likeness (QED) is 0.664. The van der Waals surface area contributed by atoms with Crippen molar-refractivity contribution in [2.75, 3.05) is 24.6 Å². The van der Waals surface area contributed by atoms with Crippen LogP contribution in [0.1, 0.15) is 58.8 Å². The van der Waals surface area contributed by atoms with E-state index in [-0.39, 0.29) is 0 Å². The summed E-state index contributed by atoms with van der Waals surface area (Å²) < 4.78 is 23.0. The molecule has 0 saturated heterocycles. The highest BCUT2D eigenvalue weighted by Gasteiger charge is 2.24. The molecule has 1 N–H and O–H groups in total. The maximum Gasteiger partial charge on any atom is 0.150 e. The van der Waals surface area contributed by atoms with Crippen LogP contribution in [0.5, 0.6) is 0 Å². The molecule has 3 nitrogen and oxygen atoms in total. The van der Waals surface area contributed by atoms with E-state index in [1.807, 2.05) is 0 Å². The maximum atomic E-state index is 11.5. The Bertz CT molecular complexity index is 327. The van der Waals surface area contributed by atoms with E-state index in [2.05, 4.69) is 12.2 Å². The van der Waals surface area contributed by atoms with E-state index < -0.39 is 9.84 Å². The molecule has 2 atom stereocenters. The first-order valence-corrected chi connectivity index (χ1v) is 9.82. The van der Waals surface area contributed by atoms with Gasteiger partial charge in [0.1, 0.15) is 9.84 Å². The summed E-state index contributed by atoms with van der Waals surface area (Å²) in [5.41, 5.74) is 0. The van der Waals surface area contributed by atoms with Gasteiger partial charge in [-0.1, -0.05) is 33.1 Å². The topological polar surface area (TPSA) is 46.2 Å². The molecule has 0 amide bonds. The van der Waals surface area contributed by atoms with Crippen LogP contribution in [0, 0.1) is 11.8 Å². The minimum atomic E-state index is -2.77.